The maximum Gasteiger partial charge on any atom is 0.433 e. The maximum absolute atomic E-state index is 12.7. The van der Waals surface area contributed by atoms with E-state index in [1.165, 1.54) is 0 Å². The van der Waals surface area contributed by atoms with Gasteiger partial charge in [0.1, 0.15) is 5.82 Å². The summed E-state index contributed by atoms with van der Waals surface area (Å²) in [4.78, 5) is 11.2. The molecule has 1 aliphatic rings. The monoisotopic (exact) mass is 308 g/mol. The van der Waals surface area contributed by atoms with Crippen LogP contribution in [0.1, 0.15) is 19.0 Å². The second kappa shape index (κ2) is 5.73. The summed E-state index contributed by atoms with van der Waals surface area (Å²) in [6.07, 6.45) is -3.59. The Morgan fingerprint density at radius 3 is 2.65 bits per heavy atom. The Labute approximate surface area is 120 Å². The van der Waals surface area contributed by atoms with Crippen molar-refractivity contribution in [2.24, 2.45) is 0 Å². The van der Waals surface area contributed by atoms with Gasteiger partial charge in [-0.2, -0.15) is 13.2 Å². The molecule has 1 atom stereocenters. The molecule has 0 saturated carbocycles. The fraction of sp³-hybridized carbons (Fsp3) is 0.667. The predicted octanol–water partition coefficient (Wildman–Crippen LogP) is 2.68. The van der Waals surface area contributed by atoms with Crippen LogP contribution in [0, 0.1) is 0 Å². The van der Waals surface area contributed by atoms with Crippen LogP contribution in [0.2, 0.25) is 5.28 Å². The molecule has 1 saturated heterocycles. The molecule has 1 aromatic rings. The first-order valence-electron chi connectivity index (χ1n) is 6.38. The molecule has 4 nitrogen and oxygen atoms in total. The number of nitrogens with zero attached hydrogens (tertiary/aromatic N) is 4. The van der Waals surface area contributed by atoms with Gasteiger partial charge < -0.3 is 4.90 Å². The van der Waals surface area contributed by atoms with Crippen LogP contribution in [0.4, 0.5) is 19.0 Å². The minimum absolute atomic E-state index is 0.240. The summed E-state index contributed by atoms with van der Waals surface area (Å²) in [5.41, 5.74) is -1.00. The lowest BCUT2D eigenvalue weighted by atomic mass is 10.1. The van der Waals surface area contributed by atoms with Gasteiger partial charge in [0.25, 0.3) is 0 Å². The average Bonchev–Trinajstić information content (AvgIpc) is 2.37. The summed E-state index contributed by atoms with van der Waals surface area (Å²) in [5.74, 6) is 0.240. The van der Waals surface area contributed by atoms with Crippen molar-refractivity contribution in [1.82, 2.24) is 14.9 Å². The number of hydrogen-bond acceptors (Lipinski definition) is 4. The summed E-state index contributed by atoms with van der Waals surface area (Å²) in [6, 6.07) is 1.26. The van der Waals surface area contributed by atoms with E-state index in [4.69, 9.17) is 11.6 Å². The minimum atomic E-state index is -4.52. The van der Waals surface area contributed by atoms with Crippen molar-refractivity contribution in [1.29, 1.82) is 0 Å². The Kier molecular flexibility index (Phi) is 4.39. The van der Waals surface area contributed by atoms with E-state index in [-0.39, 0.29) is 11.1 Å². The summed E-state index contributed by atoms with van der Waals surface area (Å²) in [7, 11) is 2.01. The lowest BCUT2D eigenvalue weighted by Gasteiger charge is -2.39. The number of halogens is 4. The van der Waals surface area contributed by atoms with Crippen LogP contribution in [0.25, 0.3) is 0 Å². The van der Waals surface area contributed by atoms with Gasteiger partial charge >= 0.3 is 6.18 Å². The Morgan fingerprint density at radius 1 is 1.35 bits per heavy atom. The number of piperazine rings is 1. The molecule has 1 aliphatic heterocycles. The lowest BCUT2D eigenvalue weighted by molar-refractivity contribution is -0.141. The van der Waals surface area contributed by atoms with Gasteiger partial charge in [0.05, 0.1) is 0 Å². The topological polar surface area (TPSA) is 32.3 Å². The molecule has 0 bridgehead atoms. The number of hydrogen-bond donors (Lipinski definition) is 0. The molecule has 2 heterocycles. The van der Waals surface area contributed by atoms with Gasteiger partial charge in [0.15, 0.2) is 5.69 Å². The molecule has 0 spiro atoms. The summed E-state index contributed by atoms with van der Waals surface area (Å²) in [5, 5.41) is -0.373. The Balaban J connectivity index is 2.27. The second-order valence-electron chi connectivity index (χ2n) is 4.87. The number of anilines is 1. The van der Waals surface area contributed by atoms with E-state index < -0.39 is 11.9 Å². The van der Waals surface area contributed by atoms with Crippen molar-refractivity contribution >= 4 is 17.4 Å². The van der Waals surface area contributed by atoms with Gasteiger partial charge in [-0.15, -0.1) is 0 Å². The molecule has 20 heavy (non-hydrogen) atoms. The van der Waals surface area contributed by atoms with Crippen molar-refractivity contribution in [3.8, 4) is 0 Å². The van der Waals surface area contributed by atoms with Crippen molar-refractivity contribution in [2.45, 2.75) is 25.6 Å². The molecular formula is C12H16ClF3N4. The second-order valence-corrected chi connectivity index (χ2v) is 5.20. The van der Waals surface area contributed by atoms with E-state index >= 15 is 0 Å². The van der Waals surface area contributed by atoms with Crippen LogP contribution >= 0.6 is 11.6 Å². The van der Waals surface area contributed by atoms with E-state index in [1.54, 1.807) is 0 Å². The fourth-order valence-corrected chi connectivity index (χ4v) is 2.49. The number of rotatable bonds is 2. The van der Waals surface area contributed by atoms with Gasteiger partial charge in [-0.1, -0.05) is 6.92 Å². The molecule has 112 valence electrons. The zero-order valence-corrected chi connectivity index (χ0v) is 12.0. The van der Waals surface area contributed by atoms with Crippen molar-refractivity contribution < 1.29 is 13.2 Å². The SMILES string of the molecule is CCC1CN(c2cc(C(F)(F)F)nc(Cl)n2)CCN1C. The first kappa shape index (κ1) is 15.3. The van der Waals surface area contributed by atoms with E-state index in [1.807, 2.05) is 11.9 Å². The Hall–Kier alpha value is -1.08. The largest absolute Gasteiger partial charge is 0.433 e. The first-order chi connectivity index (χ1) is 9.31. The zero-order chi connectivity index (χ0) is 14.9. The zero-order valence-electron chi connectivity index (χ0n) is 11.3. The van der Waals surface area contributed by atoms with Gasteiger partial charge in [0.2, 0.25) is 5.28 Å². The molecule has 2 rings (SSSR count). The van der Waals surface area contributed by atoms with Crippen molar-refractivity contribution in [3.63, 3.8) is 0 Å². The van der Waals surface area contributed by atoms with E-state index in [0.29, 0.717) is 19.1 Å². The molecule has 1 fully saturated rings. The quantitative estimate of drug-likeness (QED) is 0.786. The maximum atomic E-state index is 12.7. The summed E-state index contributed by atoms with van der Waals surface area (Å²) < 4.78 is 38.2. The Bertz CT molecular complexity index is 480. The standard InChI is InChI=1S/C12H16ClF3N4/c1-3-8-7-20(5-4-19(8)2)10-6-9(12(14,15)16)17-11(13)18-10/h6,8H,3-5,7H2,1-2H3. The summed E-state index contributed by atoms with van der Waals surface area (Å²) in [6.45, 7) is 4.09. The van der Waals surface area contributed by atoms with Crippen LogP contribution in [-0.4, -0.2) is 47.6 Å². The van der Waals surface area contributed by atoms with Crippen LogP contribution < -0.4 is 4.90 Å². The van der Waals surface area contributed by atoms with Gasteiger partial charge in [-0.05, 0) is 25.1 Å². The van der Waals surface area contributed by atoms with Crippen LogP contribution in [-0.2, 0) is 6.18 Å². The molecule has 0 radical (unpaired) electrons. The minimum Gasteiger partial charge on any atom is -0.354 e. The van der Waals surface area contributed by atoms with Crippen LogP contribution in [0.5, 0.6) is 0 Å². The van der Waals surface area contributed by atoms with E-state index in [9.17, 15) is 13.2 Å². The molecule has 0 aliphatic carbocycles. The molecule has 8 heteroatoms. The normalized spacial score (nSPS) is 21.3. The number of likely N-dealkylation sites (N-methyl/N-ethyl adjacent to an activating group) is 1. The molecular weight excluding hydrogens is 293 g/mol. The summed E-state index contributed by atoms with van der Waals surface area (Å²) >= 11 is 5.61. The van der Waals surface area contributed by atoms with E-state index in [2.05, 4.69) is 21.8 Å². The van der Waals surface area contributed by atoms with E-state index in [0.717, 1.165) is 19.0 Å². The molecule has 0 amide bonds. The average molecular weight is 309 g/mol. The fourth-order valence-electron chi connectivity index (χ4n) is 2.31. The smallest absolute Gasteiger partial charge is 0.354 e. The third-order valence-electron chi connectivity index (χ3n) is 3.55. The predicted molar refractivity (Wildman–Crippen MR) is 71.0 cm³/mol. The third kappa shape index (κ3) is 3.32. The van der Waals surface area contributed by atoms with Crippen molar-refractivity contribution in [3.05, 3.63) is 17.0 Å². The molecule has 1 unspecified atom stereocenters. The van der Waals surface area contributed by atoms with Crippen molar-refractivity contribution in [2.75, 3.05) is 31.6 Å². The lowest BCUT2D eigenvalue weighted by Crippen LogP contribution is -2.51. The Morgan fingerprint density at radius 2 is 2.05 bits per heavy atom. The van der Waals surface area contributed by atoms with Gasteiger partial charge in [-0.3, -0.25) is 4.90 Å². The highest BCUT2D eigenvalue weighted by molar-refractivity contribution is 6.28. The number of alkyl halides is 3. The molecule has 0 aromatic carbocycles. The highest BCUT2D eigenvalue weighted by Crippen LogP contribution is 2.31. The highest BCUT2D eigenvalue weighted by Gasteiger charge is 2.34. The first-order valence-corrected chi connectivity index (χ1v) is 6.76. The molecule has 1 aromatic heterocycles. The third-order valence-corrected chi connectivity index (χ3v) is 3.72. The van der Waals surface area contributed by atoms with Crippen LogP contribution in [0.3, 0.4) is 0 Å². The highest BCUT2D eigenvalue weighted by atomic mass is 35.5. The molecule has 0 N–H and O–H groups in total. The number of aromatic nitrogens is 2. The van der Waals surface area contributed by atoms with Gasteiger partial charge in [0, 0.05) is 31.7 Å². The van der Waals surface area contributed by atoms with Crippen LogP contribution in [0.15, 0.2) is 6.07 Å². The van der Waals surface area contributed by atoms with Gasteiger partial charge in [-0.25, -0.2) is 9.97 Å².